The summed E-state index contributed by atoms with van der Waals surface area (Å²) < 4.78 is 26.3. The van der Waals surface area contributed by atoms with Crippen LogP contribution in [0.5, 0.6) is 0 Å². The molecule has 0 amide bonds. The van der Waals surface area contributed by atoms with Gasteiger partial charge in [-0.25, -0.2) is 23.1 Å². The number of benzene rings is 1. The molecule has 0 aliphatic heterocycles. The van der Waals surface area contributed by atoms with E-state index < -0.39 is 10.0 Å². The van der Waals surface area contributed by atoms with Gasteiger partial charge in [-0.2, -0.15) is 0 Å². The summed E-state index contributed by atoms with van der Waals surface area (Å²) in [6.07, 6.45) is 2.30. The Bertz CT molecular complexity index is 673. The zero-order chi connectivity index (χ0) is 13.9. The average Bonchev–Trinajstić information content (AvgIpc) is 2.38. The zero-order valence-corrected chi connectivity index (χ0v) is 11.3. The second-order valence-electron chi connectivity index (χ2n) is 3.69. The van der Waals surface area contributed by atoms with E-state index in [9.17, 15) is 8.42 Å². The number of nitrogen functional groups attached to an aromatic ring is 1. The molecule has 0 aliphatic rings. The number of rotatable bonds is 4. The van der Waals surface area contributed by atoms with Gasteiger partial charge in [0.1, 0.15) is 4.90 Å². The summed E-state index contributed by atoms with van der Waals surface area (Å²) in [6, 6.07) is 6.98. The van der Waals surface area contributed by atoms with Crippen molar-refractivity contribution in [1.82, 2.24) is 14.7 Å². The number of hydrogen-bond donors (Lipinski definition) is 2. The fourth-order valence-electron chi connectivity index (χ4n) is 1.36. The fraction of sp³-hybridized carbons (Fsp3) is 0.0909. The number of halogens is 1. The van der Waals surface area contributed by atoms with Gasteiger partial charge in [-0.05, 0) is 11.6 Å². The van der Waals surface area contributed by atoms with Crippen molar-refractivity contribution >= 4 is 27.6 Å². The monoisotopic (exact) mass is 298 g/mol. The molecule has 3 N–H and O–H groups in total. The van der Waals surface area contributed by atoms with Crippen LogP contribution >= 0.6 is 11.6 Å². The van der Waals surface area contributed by atoms with E-state index in [0.717, 1.165) is 12.4 Å². The maximum absolute atomic E-state index is 12.0. The van der Waals surface area contributed by atoms with Gasteiger partial charge in [0.2, 0.25) is 16.0 Å². The summed E-state index contributed by atoms with van der Waals surface area (Å²) in [5.41, 5.74) is 5.98. The Morgan fingerprint density at radius 1 is 1.21 bits per heavy atom. The maximum Gasteiger partial charge on any atom is 0.243 e. The number of nitrogens with two attached hydrogens (primary N) is 1. The van der Waals surface area contributed by atoms with Crippen molar-refractivity contribution < 1.29 is 8.42 Å². The highest BCUT2D eigenvalue weighted by atomic mass is 35.5. The zero-order valence-electron chi connectivity index (χ0n) is 9.75. The predicted octanol–water partition coefficient (Wildman–Crippen LogP) is 1.19. The van der Waals surface area contributed by atoms with Gasteiger partial charge in [0, 0.05) is 11.6 Å². The lowest BCUT2D eigenvalue weighted by atomic mass is 10.2. The standard InChI is InChI=1S/C11H11ClN4O2S/c12-10-4-2-1-3-8(10)5-16-19(17,18)9-6-14-11(13)15-7-9/h1-4,6-7,16H,5H2,(H2,13,14,15). The van der Waals surface area contributed by atoms with E-state index >= 15 is 0 Å². The van der Waals surface area contributed by atoms with Crippen LogP contribution in [0, 0.1) is 0 Å². The fourth-order valence-corrected chi connectivity index (χ4v) is 2.46. The second-order valence-corrected chi connectivity index (χ2v) is 5.87. The molecule has 0 radical (unpaired) electrons. The summed E-state index contributed by atoms with van der Waals surface area (Å²) in [7, 11) is -3.68. The summed E-state index contributed by atoms with van der Waals surface area (Å²) in [6.45, 7) is 0.0897. The van der Waals surface area contributed by atoms with Crippen LogP contribution in [0.1, 0.15) is 5.56 Å². The van der Waals surface area contributed by atoms with E-state index in [1.807, 2.05) is 0 Å². The first-order valence-corrected chi connectivity index (χ1v) is 7.16. The van der Waals surface area contributed by atoms with Gasteiger partial charge in [-0.15, -0.1) is 0 Å². The summed E-state index contributed by atoms with van der Waals surface area (Å²) >= 11 is 5.94. The molecule has 0 saturated carbocycles. The molecule has 2 rings (SSSR count). The highest BCUT2D eigenvalue weighted by Crippen LogP contribution is 2.15. The molecular formula is C11H11ClN4O2S. The normalized spacial score (nSPS) is 11.4. The average molecular weight is 299 g/mol. The molecule has 0 atom stereocenters. The van der Waals surface area contributed by atoms with Gasteiger partial charge in [-0.3, -0.25) is 0 Å². The van der Waals surface area contributed by atoms with Crippen LogP contribution in [0.4, 0.5) is 5.95 Å². The Balaban J connectivity index is 2.14. The number of sulfonamides is 1. The smallest absolute Gasteiger partial charge is 0.243 e. The number of nitrogens with zero attached hydrogens (tertiary/aromatic N) is 2. The Kier molecular flexibility index (Phi) is 3.98. The number of anilines is 1. The number of aromatic nitrogens is 2. The van der Waals surface area contributed by atoms with Crippen molar-refractivity contribution in [1.29, 1.82) is 0 Å². The van der Waals surface area contributed by atoms with E-state index in [0.29, 0.717) is 10.6 Å². The molecule has 0 saturated heterocycles. The molecule has 0 unspecified atom stereocenters. The molecule has 0 spiro atoms. The Morgan fingerprint density at radius 3 is 2.47 bits per heavy atom. The lowest BCUT2D eigenvalue weighted by Gasteiger charge is -2.07. The van der Waals surface area contributed by atoms with Crippen molar-refractivity contribution in [3.63, 3.8) is 0 Å². The van der Waals surface area contributed by atoms with Crippen LogP contribution in [-0.4, -0.2) is 18.4 Å². The molecule has 1 aromatic heterocycles. The van der Waals surface area contributed by atoms with Gasteiger partial charge in [0.25, 0.3) is 0 Å². The van der Waals surface area contributed by atoms with E-state index in [1.54, 1.807) is 24.3 Å². The molecule has 8 heteroatoms. The Morgan fingerprint density at radius 2 is 1.84 bits per heavy atom. The third kappa shape index (κ3) is 3.40. The third-order valence-corrected chi connectivity index (χ3v) is 4.09. The highest BCUT2D eigenvalue weighted by molar-refractivity contribution is 7.89. The molecule has 1 aromatic carbocycles. The largest absolute Gasteiger partial charge is 0.368 e. The van der Waals surface area contributed by atoms with Crippen LogP contribution in [0.3, 0.4) is 0 Å². The van der Waals surface area contributed by atoms with E-state index in [2.05, 4.69) is 14.7 Å². The number of nitrogens with one attached hydrogen (secondary N) is 1. The summed E-state index contributed by atoms with van der Waals surface area (Å²) in [5, 5.41) is 0.499. The van der Waals surface area contributed by atoms with Gasteiger partial charge in [0.05, 0.1) is 12.4 Å². The molecule has 1 heterocycles. The van der Waals surface area contributed by atoms with Crippen molar-refractivity contribution in [2.24, 2.45) is 0 Å². The van der Waals surface area contributed by atoms with Crippen LogP contribution in [0.25, 0.3) is 0 Å². The van der Waals surface area contributed by atoms with Crippen LogP contribution < -0.4 is 10.5 Å². The summed E-state index contributed by atoms with van der Waals surface area (Å²) in [5.74, 6) is 0.0186. The Labute approximate surface area is 115 Å². The first-order chi connectivity index (χ1) is 8.99. The molecule has 0 fully saturated rings. The molecule has 0 aliphatic carbocycles. The minimum atomic E-state index is -3.68. The topological polar surface area (TPSA) is 98.0 Å². The molecule has 6 nitrogen and oxygen atoms in total. The maximum atomic E-state index is 12.0. The second kappa shape index (κ2) is 5.52. The third-order valence-electron chi connectivity index (χ3n) is 2.37. The van der Waals surface area contributed by atoms with E-state index in [1.165, 1.54) is 0 Å². The van der Waals surface area contributed by atoms with Gasteiger partial charge < -0.3 is 5.73 Å². The van der Waals surface area contributed by atoms with E-state index in [-0.39, 0.29) is 17.4 Å². The first kappa shape index (κ1) is 13.7. The van der Waals surface area contributed by atoms with Gasteiger partial charge >= 0.3 is 0 Å². The van der Waals surface area contributed by atoms with Crippen LogP contribution in [0.2, 0.25) is 5.02 Å². The molecule has 19 heavy (non-hydrogen) atoms. The molecule has 2 aromatic rings. The van der Waals surface area contributed by atoms with Crippen molar-refractivity contribution in [2.45, 2.75) is 11.4 Å². The minimum Gasteiger partial charge on any atom is -0.368 e. The highest BCUT2D eigenvalue weighted by Gasteiger charge is 2.15. The van der Waals surface area contributed by atoms with Crippen molar-refractivity contribution in [3.05, 3.63) is 47.2 Å². The first-order valence-electron chi connectivity index (χ1n) is 5.29. The summed E-state index contributed by atoms with van der Waals surface area (Å²) in [4.78, 5) is 7.23. The Hall–Kier alpha value is -1.70. The quantitative estimate of drug-likeness (QED) is 0.883. The minimum absolute atomic E-state index is 0.0186. The van der Waals surface area contributed by atoms with Crippen LogP contribution in [-0.2, 0) is 16.6 Å². The lowest BCUT2D eigenvalue weighted by molar-refractivity contribution is 0.580. The van der Waals surface area contributed by atoms with Crippen molar-refractivity contribution in [3.8, 4) is 0 Å². The number of hydrogen-bond acceptors (Lipinski definition) is 5. The van der Waals surface area contributed by atoms with Gasteiger partial charge in [0.15, 0.2) is 0 Å². The van der Waals surface area contributed by atoms with Gasteiger partial charge in [-0.1, -0.05) is 29.8 Å². The molecule has 0 bridgehead atoms. The predicted molar refractivity (Wildman–Crippen MR) is 71.9 cm³/mol. The van der Waals surface area contributed by atoms with Crippen molar-refractivity contribution in [2.75, 3.05) is 5.73 Å². The molecular weight excluding hydrogens is 288 g/mol. The SMILES string of the molecule is Nc1ncc(S(=O)(=O)NCc2ccccc2Cl)cn1. The van der Waals surface area contributed by atoms with Crippen LogP contribution in [0.15, 0.2) is 41.6 Å². The van der Waals surface area contributed by atoms with E-state index in [4.69, 9.17) is 17.3 Å². The molecule has 100 valence electrons. The lowest BCUT2D eigenvalue weighted by Crippen LogP contribution is -2.23.